The maximum atomic E-state index is 9.21. The molecule has 2 unspecified atom stereocenters. The van der Waals surface area contributed by atoms with Crippen molar-refractivity contribution in [1.82, 2.24) is 9.99 Å². The van der Waals surface area contributed by atoms with Gasteiger partial charge < -0.3 is 5.43 Å². The summed E-state index contributed by atoms with van der Waals surface area (Å²) in [7, 11) is 0. The first-order valence-corrected chi connectivity index (χ1v) is 6.54. The molecule has 1 aliphatic rings. The summed E-state index contributed by atoms with van der Waals surface area (Å²) in [4.78, 5) is 4.30. The zero-order chi connectivity index (χ0) is 13.1. The van der Waals surface area contributed by atoms with Gasteiger partial charge in [0.1, 0.15) is 6.07 Å². The normalized spacial score (nSPS) is 24.6. The summed E-state index contributed by atoms with van der Waals surface area (Å²) in [6.45, 7) is 6.36. The molecule has 2 atom stereocenters. The zero-order valence-corrected chi connectivity index (χ0v) is 11.3. The Balaban J connectivity index is 2.23. The van der Waals surface area contributed by atoms with Gasteiger partial charge in [-0.2, -0.15) is 5.26 Å². The second-order valence-corrected chi connectivity index (χ2v) is 5.11. The maximum Gasteiger partial charge on any atom is 0.158 e. The molecule has 96 valence electrons. The van der Waals surface area contributed by atoms with Crippen molar-refractivity contribution in [2.24, 2.45) is 0 Å². The number of aromatic nitrogens is 1. The molecule has 2 heterocycles. The first-order valence-electron chi connectivity index (χ1n) is 6.54. The van der Waals surface area contributed by atoms with Gasteiger partial charge in [0.05, 0.1) is 5.56 Å². The van der Waals surface area contributed by atoms with Crippen molar-refractivity contribution in [3.05, 3.63) is 23.4 Å². The van der Waals surface area contributed by atoms with Crippen LogP contribution in [0.25, 0.3) is 0 Å². The number of hydrogen-bond donors (Lipinski definition) is 1. The smallest absolute Gasteiger partial charge is 0.158 e. The van der Waals surface area contributed by atoms with Crippen molar-refractivity contribution in [2.75, 3.05) is 5.43 Å². The van der Waals surface area contributed by atoms with Crippen molar-refractivity contribution in [3.63, 3.8) is 0 Å². The highest BCUT2D eigenvalue weighted by molar-refractivity contribution is 5.54. The van der Waals surface area contributed by atoms with Crippen molar-refractivity contribution in [1.29, 1.82) is 5.26 Å². The van der Waals surface area contributed by atoms with Gasteiger partial charge in [0, 0.05) is 18.3 Å². The number of rotatable bonds is 2. The van der Waals surface area contributed by atoms with E-state index in [1.54, 1.807) is 6.20 Å². The van der Waals surface area contributed by atoms with E-state index in [1.807, 2.05) is 13.0 Å². The standard InChI is InChI=1S/C14H20N4/c1-10-7-8-16-14(13(10)9-15)17-18-11(2)5-4-6-12(18)3/h7-8,11-12H,4-6H2,1-3H3,(H,16,17). The van der Waals surface area contributed by atoms with Crippen LogP contribution in [0.5, 0.6) is 0 Å². The lowest BCUT2D eigenvalue weighted by Gasteiger charge is -2.39. The summed E-state index contributed by atoms with van der Waals surface area (Å²) in [5, 5.41) is 11.4. The van der Waals surface area contributed by atoms with Crippen LogP contribution >= 0.6 is 0 Å². The van der Waals surface area contributed by atoms with Crippen LogP contribution in [0.2, 0.25) is 0 Å². The van der Waals surface area contributed by atoms with Crippen molar-refractivity contribution in [2.45, 2.75) is 52.1 Å². The minimum atomic E-state index is 0.475. The van der Waals surface area contributed by atoms with Gasteiger partial charge in [0.25, 0.3) is 0 Å². The molecule has 0 aliphatic carbocycles. The third kappa shape index (κ3) is 2.46. The topological polar surface area (TPSA) is 52.0 Å². The highest BCUT2D eigenvalue weighted by Gasteiger charge is 2.25. The summed E-state index contributed by atoms with van der Waals surface area (Å²) in [5.41, 5.74) is 4.95. The highest BCUT2D eigenvalue weighted by atomic mass is 15.5. The number of hydrogen-bond acceptors (Lipinski definition) is 4. The third-order valence-electron chi connectivity index (χ3n) is 3.70. The molecule has 1 aromatic rings. The number of nitriles is 1. The quantitative estimate of drug-likeness (QED) is 0.869. The zero-order valence-electron chi connectivity index (χ0n) is 11.3. The van der Waals surface area contributed by atoms with E-state index in [1.165, 1.54) is 19.3 Å². The van der Waals surface area contributed by atoms with Crippen LogP contribution in [-0.4, -0.2) is 22.1 Å². The number of anilines is 1. The Morgan fingerprint density at radius 1 is 1.39 bits per heavy atom. The fourth-order valence-corrected chi connectivity index (χ4v) is 2.55. The number of nitrogens with one attached hydrogen (secondary N) is 1. The van der Waals surface area contributed by atoms with E-state index in [9.17, 15) is 5.26 Å². The SMILES string of the molecule is Cc1ccnc(NN2C(C)CCCC2C)c1C#N. The van der Waals surface area contributed by atoms with E-state index >= 15 is 0 Å². The van der Waals surface area contributed by atoms with Gasteiger partial charge in [-0.15, -0.1) is 0 Å². The van der Waals surface area contributed by atoms with Gasteiger partial charge in [-0.1, -0.05) is 6.42 Å². The molecule has 0 amide bonds. The van der Waals surface area contributed by atoms with Crippen LogP contribution < -0.4 is 5.43 Å². The number of piperidine rings is 1. The molecule has 1 saturated heterocycles. The monoisotopic (exact) mass is 244 g/mol. The minimum Gasteiger partial charge on any atom is -0.301 e. The van der Waals surface area contributed by atoms with Gasteiger partial charge in [-0.25, -0.2) is 9.99 Å². The second-order valence-electron chi connectivity index (χ2n) is 5.11. The molecule has 0 bridgehead atoms. The lowest BCUT2D eigenvalue weighted by Crippen LogP contribution is -2.47. The van der Waals surface area contributed by atoms with Crippen molar-refractivity contribution in [3.8, 4) is 6.07 Å². The van der Waals surface area contributed by atoms with Gasteiger partial charge in [-0.05, 0) is 45.2 Å². The van der Waals surface area contributed by atoms with E-state index in [2.05, 4.69) is 35.3 Å². The van der Waals surface area contributed by atoms with Gasteiger partial charge in [0.15, 0.2) is 5.82 Å². The van der Waals surface area contributed by atoms with E-state index < -0.39 is 0 Å². The van der Waals surface area contributed by atoms with E-state index in [0.29, 0.717) is 23.5 Å². The predicted molar refractivity (Wildman–Crippen MR) is 71.9 cm³/mol. The number of hydrazine groups is 1. The molecule has 4 heteroatoms. The summed E-state index contributed by atoms with van der Waals surface area (Å²) in [6, 6.07) is 5.05. The van der Waals surface area contributed by atoms with Crippen LogP contribution in [0, 0.1) is 18.3 Å². The fourth-order valence-electron chi connectivity index (χ4n) is 2.55. The van der Waals surface area contributed by atoms with Gasteiger partial charge in [-0.3, -0.25) is 0 Å². The van der Waals surface area contributed by atoms with Crippen molar-refractivity contribution >= 4 is 5.82 Å². The van der Waals surface area contributed by atoms with E-state index in [-0.39, 0.29) is 0 Å². The Morgan fingerprint density at radius 2 is 2.06 bits per heavy atom. The molecule has 1 N–H and O–H groups in total. The molecule has 0 saturated carbocycles. The second kappa shape index (κ2) is 5.36. The molecule has 0 spiro atoms. The Labute approximate surface area is 109 Å². The van der Waals surface area contributed by atoms with E-state index in [0.717, 1.165) is 5.56 Å². The molecular formula is C14H20N4. The molecule has 1 aromatic heterocycles. The number of nitrogens with zero attached hydrogens (tertiary/aromatic N) is 3. The number of aryl methyl sites for hydroxylation is 1. The predicted octanol–water partition coefficient (Wildman–Crippen LogP) is 2.85. The summed E-state index contributed by atoms with van der Waals surface area (Å²) < 4.78 is 0. The van der Waals surface area contributed by atoms with E-state index in [4.69, 9.17) is 0 Å². The summed E-state index contributed by atoms with van der Waals surface area (Å²) >= 11 is 0. The highest BCUT2D eigenvalue weighted by Crippen LogP contribution is 2.24. The summed E-state index contributed by atoms with van der Waals surface area (Å²) in [6.07, 6.45) is 5.39. The molecule has 0 aromatic carbocycles. The van der Waals surface area contributed by atoms with Crippen LogP contribution in [0.4, 0.5) is 5.82 Å². The Bertz CT molecular complexity index is 453. The maximum absolute atomic E-state index is 9.21. The van der Waals surface area contributed by atoms with Crippen LogP contribution in [0.1, 0.15) is 44.2 Å². The molecular weight excluding hydrogens is 224 g/mol. The third-order valence-corrected chi connectivity index (χ3v) is 3.70. The first-order chi connectivity index (χ1) is 8.63. The van der Waals surface area contributed by atoms with Gasteiger partial charge >= 0.3 is 0 Å². The molecule has 1 fully saturated rings. The van der Waals surface area contributed by atoms with Crippen LogP contribution in [-0.2, 0) is 0 Å². The molecule has 1 aliphatic heterocycles. The Morgan fingerprint density at radius 3 is 2.67 bits per heavy atom. The van der Waals surface area contributed by atoms with Crippen LogP contribution in [0.3, 0.4) is 0 Å². The molecule has 0 radical (unpaired) electrons. The molecule has 18 heavy (non-hydrogen) atoms. The van der Waals surface area contributed by atoms with Crippen LogP contribution in [0.15, 0.2) is 12.3 Å². The van der Waals surface area contributed by atoms with Gasteiger partial charge in [0.2, 0.25) is 0 Å². The molecule has 4 nitrogen and oxygen atoms in total. The fraction of sp³-hybridized carbons (Fsp3) is 0.571. The Kier molecular flexibility index (Phi) is 3.83. The summed E-state index contributed by atoms with van der Waals surface area (Å²) in [5.74, 6) is 0.679. The molecule has 2 rings (SSSR count). The largest absolute Gasteiger partial charge is 0.301 e. The Hall–Kier alpha value is -1.60. The van der Waals surface area contributed by atoms with Crippen molar-refractivity contribution < 1.29 is 0 Å². The average Bonchev–Trinajstić information content (AvgIpc) is 2.34. The first kappa shape index (κ1) is 12.8. The minimum absolute atomic E-state index is 0.475. The lowest BCUT2D eigenvalue weighted by molar-refractivity contribution is 0.135. The average molecular weight is 244 g/mol. The lowest BCUT2D eigenvalue weighted by atomic mass is 10.00. The number of pyridine rings is 1.